The number of phenolic OH excluding ortho intramolecular Hbond substituents is 1. The molecule has 1 saturated carbocycles. The summed E-state index contributed by atoms with van der Waals surface area (Å²) in [6.45, 7) is 11.5. The van der Waals surface area contributed by atoms with Crippen LogP contribution in [0.3, 0.4) is 0 Å². The molecule has 2 aromatic rings. The third-order valence-electron chi connectivity index (χ3n) is 8.99. The average Bonchev–Trinajstić information content (AvgIpc) is 3.03. The fourth-order valence-corrected chi connectivity index (χ4v) is 7.36. The van der Waals surface area contributed by atoms with Crippen LogP contribution in [0.4, 0.5) is 5.69 Å². The molecule has 0 spiro atoms. The maximum absolute atomic E-state index is 13.6. The summed E-state index contributed by atoms with van der Waals surface area (Å²) in [5, 5.41) is 14.8. The fraction of sp³-hybridized carbons (Fsp3) is 0.529. The summed E-state index contributed by atoms with van der Waals surface area (Å²) in [6.07, 6.45) is 1.01. The van der Waals surface area contributed by atoms with Crippen molar-refractivity contribution in [3.63, 3.8) is 0 Å². The van der Waals surface area contributed by atoms with Gasteiger partial charge in [-0.25, -0.2) is 0 Å². The highest BCUT2D eigenvalue weighted by atomic mass is 28.3. The number of hydrogen-bond donors (Lipinski definition) is 1. The summed E-state index contributed by atoms with van der Waals surface area (Å²) in [6, 6.07) is 16.0. The molecule has 0 radical (unpaired) electrons. The Kier molecular flexibility index (Phi) is 10.2. The lowest BCUT2D eigenvalue weighted by Crippen LogP contribution is -2.51. The minimum Gasteiger partial charge on any atom is -0.508 e. The molecule has 1 unspecified atom stereocenters. The van der Waals surface area contributed by atoms with Crippen molar-refractivity contribution in [1.82, 2.24) is 4.90 Å². The van der Waals surface area contributed by atoms with Gasteiger partial charge in [0.15, 0.2) is 6.61 Å². The number of aromatic hydroxyl groups is 1. The van der Waals surface area contributed by atoms with Crippen molar-refractivity contribution >= 4 is 37.3 Å². The number of phenols is 1. The van der Waals surface area contributed by atoms with Gasteiger partial charge in [0.25, 0.3) is 5.91 Å². The van der Waals surface area contributed by atoms with Crippen LogP contribution in [-0.2, 0) is 28.7 Å². The van der Waals surface area contributed by atoms with Crippen LogP contribution < -0.4 is 4.90 Å². The molecular formula is C34H45N3O7Si. The molecule has 10 nitrogen and oxygen atoms in total. The summed E-state index contributed by atoms with van der Waals surface area (Å²) in [5.74, 6) is -3.70. The van der Waals surface area contributed by atoms with Gasteiger partial charge in [0.2, 0.25) is 0 Å². The van der Waals surface area contributed by atoms with E-state index in [0.717, 1.165) is 35.9 Å². The molecule has 1 amide bonds. The maximum atomic E-state index is 13.6. The van der Waals surface area contributed by atoms with Crippen molar-refractivity contribution in [2.45, 2.75) is 57.3 Å². The van der Waals surface area contributed by atoms with Crippen LogP contribution in [0, 0.1) is 11.8 Å². The van der Waals surface area contributed by atoms with Crippen molar-refractivity contribution in [3.8, 4) is 5.75 Å². The van der Waals surface area contributed by atoms with Gasteiger partial charge in [-0.15, -0.1) is 0 Å². The molecule has 6 rings (SSSR count). The average molecular weight is 636 g/mol. The largest absolute Gasteiger partial charge is 0.508 e. The summed E-state index contributed by atoms with van der Waals surface area (Å²) in [7, 11) is -1.44. The van der Waals surface area contributed by atoms with Crippen LogP contribution in [0.2, 0.25) is 25.7 Å². The number of amides is 1. The predicted octanol–water partition coefficient (Wildman–Crippen LogP) is 4.77. The number of carbonyl (C=O) groups is 3. The van der Waals surface area contributed by atoms with Gasteiger partial charge >= 0.3 is 11.9 Å². The van der Waals surface area contributed by atoms with Crippen molar-refractivity contribution in [2.24, 2.45) is 17.0 Å². The first-order chi connectivity index (χ1) is 21.6. The van der Waals surface area contributed by atoms with E-state index in [2.05, 4.69) is 41.8 Å². The highest BCUT2D eigenvalue weighted by Crippen LogP contribution is 2.56. The SMILES string of the molecule is CCCOC(=O)[C@H]1[C@H](C(=O)OCC[Si](C)(C)C)C2C/C(=N\OCC(=O)N3CCN(c4ccccc4)CC3)[C@H]1c1cc(O)ccc12. The molecule has 2 bridgehead atoms. The molecule has 1 saturated heterocycles. The van der Waals surface area contributed by atoms with Crippen molar-refractivity contribution in [3.05, 3.63) is 59.7 Å². The number of rotatable bonds is 11. The second-order valence-corrected chi connectivity index (χ2v) is 19.0. The number of ether oxygens (including phenoxy) is 2. The van der Waals surface area contributed by atoms with Gasteiger partial charge in [0.05, 0.1) is 30.8 Å². The molecule has 1 aliphatic heterocycles. The number of oxime groups is 1. The van der Waals surface area contributed by atoms with Crippen molar-refractivity contribution < 1.29 is 33.8 Å². The van der Waals surface area contributed by atoms with Gasteiger partial charge in [-0.2, -0.15) is 0 Å². The number of fused-ring (bicyclic) bond motifs is 2. The molecule has 2 aromatic carbocycles. The lowest BCUT2D eigenvalue weighted by molar-refractivity contribution is -0.163. The molecule has 1 N–H and O–H groups in total. The highest BCUT2D eigenvalue weighted by Gasteiger charge is 2.57. The van der Waals surface area contributed by atoms with Gasteiger partial charge in [-0.1, -0.05) is 56.0 Å². The molecule has 11 heteroatoms. The fourth-order valence-electron chi connectivity index (χ4n) is 6.64. The minimum atomic E-state index is -1.44. The topological polar surface area (TPSA) is 118 Å². The number of anilines is 1. The van der Waals surface area contributed by atoms with E-state index < -0.39 is 43.7 Å². The van der Waals surface area contributed by atoms with Gasteiger partial charge in [0, 0.05) is 51.8 Å². The lowest BCUT2D eigenvalue weighted by Gasteiger charge is -2.47. The molecule has 3 aliphatic carbocycles. The Balaban J connectivity index is 1.32. The number of benzene rings is 2. The highest BCUT2D eigenvalue weighted by molar-refractivity contribution is 6.76. The Morgan fingerprint density at radius 3 is 2.29 bits per heavy atom. The Bertz CT molecular complexity index is 1400. The van der Waals surface area contributed by atoms with E-state index in [1.807, 2.05) is 31.2 Å². The van der Waals surface area contributed by atoms with Gasteiger partial charge in [-0.3, -0.25) is 14.4 Å². The van der Waals surface area contributed by atoms with Crippen LogP contribution >= 0.6 is 0 Å². The molecule has 242 valence electrons. The summed E-state index contributed by atoms with van der Waals surface area (Å²) in [5.41, 5.74) is 3.30. The van der Waals surface area contributed by atoms with Crippen LogP contribution in [0.15, 0.2) is 53.7 Å². The smallest absolute Gasteiger partial charge is 0.310 e. The quantitative estimate of drug-likeness (QED) is 0.213. The second kappa shape index (κ2) is 14.1. The number of hydrogen-bond acceptors (Lipinski definition) is 9. The van der Waals surface area contributed by atoms with Crippen molar-refractivity contribution in [2.75, 3.05) is 50.9 Å². The zero-order chi connectivity index (χ0) is 32.1. The molecular weight excluding hydrogens is 590 g/mol. The van der Waals surface area contributed by atoms with E-state index in [9.17, 15) is 19.5 Å². The van der Waals surface area contributed by atoms with Crippen LogP contribution in [0.5, 0.6) is 5.75 Å². The van der Waals surface area contributed by atoms with E-state index >= 15 is 0 Å². The van der Waals surface area contributed by atoms with E-state index in [0.29, 0.717) is 38.2 Å². The third kappa shape index (κ3) is 7.51. The minimum absolute atomic E-state index is 0.0568. The number of piperazine rings is 1. The lowest BCUT2D eigenvalue weighted by atomic mass is 9.55. The van der Waals surface area contributed by atoms with Crippen molar-refractivity contribution in [1.29, 1.82) is 0 Å². The number of carbonyl (C=O) groups excluding carboxylic acids is 3. The Morgan fingerprint density at radius 2 is 1.60 bits per heavy atom. The number of nitrogens with zero attached hydrogens (tertiary/aromatic N) is 3. The first kappa shape index (κ1) is 32.5. The van der Waals surface area contributed by atoms with Crippen LogP contribution in [0.1, 0.15) is 42.7 Å². The number of para-hydroxylation sites is 1. The van der Waals surface area contributed by atoms with E-state index in [1.54, 1.807) is 17.0 Å². The second-order valence-electron chi connectivity index (χ2n) is 13.4. The first-order valence-electron chi connectivity index (χ1n) is 16.0. The molecule has 4 aliphatic rings. The summed E-state index contributed by atoms with van der Waals surface area (Å²) < 4.78 is 11.4. The molecule has 0 aromatic heterocycles. The number of esters is 2. The van der Waals surface area contributed by atoms with Gasteiger partial charge < -0.3 is 29.2 Å². The molecule has 4 atom stereocenters. The monoisotopic (exact) mass is 635 g/mol. The zero-order valence-corrected chi connectivity index (χ0v) is 27.7. The van der Waals surface area contributed by atoms with E-state index in [-0.39, 0.29) is 24.9 Å². The van der Waals surface area contributed by atoms with Crippen LogP contribution in [-0.4, -0.2) is 87.6 Å². The van der Waals surface area contributed by atoms with Gasteiger partial charge in [-0.05, 0) is 54.3 Å². The van der Waals surface area contributed by atoms with Crippen LogP contribution in [0.25, 0.3) is 0 Å². The zero-order valence-electron chi connectivity index (χ0n) is 26.7. The van der Waals surface area contributed by atoms with E-state index in [1.165, 1.54) is 0 Å². The maximum Gasteiger partial charge on any atom is 0.310 e. The van der Waals surface area contributed by atoms with Gasteiger partial charge in [0.1, 0.15) is 5.75 Å². The standard InChI is InChI=1S/C34H45N3O7Si/c1-5-17-42-34(41)32-30-26-20-24(38)11-12-25(26)27(31(32)33(40)43-18-19-45(2,3)4)21-28(30)35-44-22-29(39)37-15-13-36(14-16-37)23-9-7-6-8-10-23/h6-12,20,27,30-32,38H,5,13-19,21-22H2,1-4H3/b35-28+/t27?,30-,31-,32-/m1/s1. The molecule has 45 heavy (non-hydrogen) atoms. The third-order valence-corrected chi connectivity index (χ3v) is 10.7. The molecule has 1 heterocycles. The summed E-state index contributed by atoms with van der Waals surface area (Å²) >= 11 is 0. The Labute approximate surface area is 266 Å². The predicted molar refractivity (Wildman–Crippen MR) is 174 cm³/mol. The Hall–Kier alpha value is -3.86. The Morgan fingerprint density at radius 1 is 0.911 bits per heavy atom. The molecule has 2 fully saturated rings. The summed E-state index contributed by atoms with van der Waals surface area (Å²) in [4.78, 5) is 50.0. The first-order valence-corrected chi connectivity index (χ1v) is 19.7. The normalized spacial score (nSPS) is 23.4. The van der Waals surface area contributed by atoms with E-state index in [4.69, 9.17) is 14.3 Å².